The lowest BCUT2D eigenvalue weighted by atomic mass is 9.99. The van der Waals surface area contributed by atoms with Crippen LogP contribution in [0.15, 0.2) is 42.6 Å². The van der Waals surface area contributed by atoms with Gasteiger partial charge in [0, 0.05) is 37.5 Å². The fraction of sp³-hybridized carbons (Fsp3) is 0.182. The van der Waals surface area contributed by atoms with E-state index in [-0.39, 0.29) is 23.1 Å². The van der Waals surface area contributed by atoms with Gasteiger partial charge in [0.15, 0.2) is 0 Å². The van der Waals surface area contributed by atoms with E-state index in [1.165, 1.54) is 6.92 Å². The van der Waals surface area contributed by atoms with Crippen molar-refractivity contribution < 1.29 is 14.7 Å². The second kappa shape index (κ2) is 7.94. The van der Waals surface area contributed by atoms with Crippen molar-refractivity contribution in [2.75, 3.05) is 28.2 Å². The topological polar surface area (TPSA) is 147 Å². The van der Waals surface area contributed by atoms with Gasteiger partial charge in [0.1, 0.15) is 5.82 Å². The predicted octanol–water partition coefficient (Wildman–Crippen LogP) is 2.53. The zero-order valence-electron chi connectivity index (χ0n) is 16.9. The molecule has 2 aromatic carbocycles. The lowest BCUT2D eigenvalue weighted by Gasteiger charge is -2.20. The number of carbonyl (C=O) groups excluding carboxylic acids is 1. The van der Waals surface area contributed by atoms with Crippen LogP contribution in [0.25, 0.3) is 11.1 Å². The van der Waals surface area contributed by atoms with Gasteiger partial charge in [-0.05, 0) is 47.4 Å². The number of hydrogen-bond donors (Lipinski definition) is 4. The molecule has 0 bridgehead atoms. The summed E-state index contributed by atoms with van der Waals surface area (Å²) < 4.78 is 0. The van der Waals surface area contributed by atoms with Gasteiger partial charge in [-0.1, -0.05) is 12.1 Å². The van der Waals surface area contributed by atoms with Gasteiger partial charge < -0.3 is 26.8 Å². The van der Waals surface area contributed by atoms with E-state index < -0.39 is 5.97 Å². The number of anilines is 4. The van der Waals surface area contributed by atoms with E-state index in [2.05, 4.69) is 26.3 Å². The SMILES string of the molecule is CC(=O)Nc1ccc(-c2ccc3c(c2)CCN3Cc2cnc(N)nc2N)cc1C(=O)O. The summed E-state index contributed by atoms with van der Waals surface area (Å²) >= 11 is 0. The first-order valence-corrected chi connectivity index (χ1v) is 9.72. The molecule has 1 amide bonds. The quantitative estimate of drug-likeness (QED) is 0.494. The van der Waals surface area contributed by atoms with Gasteiger partial charge in [-0.2, -0.15) is 4.98 Å². The van der Waals surface area contributed by atoms with Crippen molar-refractivity contribution in [3.05, 3.63) is 59.3 Å². The minimum atomic E-state index is -1.10. The summed E-state index contributed by atoms with van der Waals surface area (Å²) in [6.07, 6.45) is 2.50. The van der Waals surface area contributed by atoms with E-state index in [1.54, 1.807) is 24.4 Å². The molecule has 2 heterocycles. The molecule has 1 aromatic heterocycles. The highest BCUT2D eigenvalue weighted by Crippen LogP contribution is 2.34. The van der Waals surface area contributed by atoms with Crippen molar-refractivity contribution >= 4 is 35.0 Å². The summed E-state index contributed by atoms with van der Waals surface area (Å²) in [6.45, 7) is 2.74. The Morgan fingerprint density at radius 1 is 1.16 bits per heavy atom. The number of nitrogens with two attached hydrogens (primary N) is 2. The number of carbonyl (C=O) groups is 2. The second-order valence-corrected chi connectivity index (χ2v) is 7.40. The molecule has 9 nitrogen and oxygen atoms in total. The highest BCUT2D eigenvalue weighted by molar-refractivity contribution is 6.01. The van der Waals surface area contributed by atoms with Gasteiger partial charge in [0.05, 0.1) is 11.3 Å². The molecule has 0 saturated heterocycles. The van der Waals surface area contributed by atoms with Crippen molar-refractivity contribution in [3.8, 4) is 11.1 Å². The largest absolute Gasteiger partial charge is 0.478 e. The molecule has 6 N–H and O–H groups in total. The predicted molar refractivity (Wildman–Crippen MR) is 119 cm³/mol. The number of carboxylic acids is 1. The summed E-state index contributed by atoms with van der Waals surface area (Å²) in [7, 11) is 0. The molecule has 0 saturated carbocycles. The zero-order valence-corrected chi connectivity index (χ0v) is 16.9. The molecule has 0 spiro atoms. The minimum absolute atomic E-state index is 0.0497. The Kier molecular flexibility index (Phi) is 5.16. The van der Waals surface area contributed by atoms with Gasteiger partial charge in [-0.25, -0.2) is 9.78 Å². The Labute approximate surface area is 178 Å². The van der Waals surface area contributed by atoms with E-state index >= 15 is 0 Å². The highest BCUT2D eigenvalue weighted by atomic mass is 16.4. The maximum Gasteiger partial charge on any atom is 0.337 e. The van der Waals surface area contributed by atoms with Crippen LogP contribution in [-0.4, -0.2) is 33.5 Å². The molecular formula is C22H22N6O3. The second-order valence-electron chi connectivity index (χ2n) is 7.40. The number of carboxylic acid groups (broad SMARTS) is 1. The third-order valence-electron chi connectivity index (χ3n) is 5.24. The highest BCUT2D eigenvalue weighted by Gasteiger charge is 2.21. The smallest absolute Gasteiger partial charge is 0.337 e. The van der Waals surface area contributed by atoms with Crippen LogP contribution in [0.1, 0.15) is 28.4 Å². The van der Waals surface area contributed by atoms with E-state index in [1.807, 2.05) is 12.1 Å². The molecule has 158 valence electrons. The van der Waals surface area contributed by atoms with Crippen LogP contribution in [-0.2, 0) is 17.8 Å². The van der Waals surface area contributed by atoms with Gasteiger partial charge in [0.2, 0.25) is 11.9 Å². The third-order valence-corrected chi connectivity index (χ3v) is 5.24. The first-order valence-electron chi connectivity index (χ1n) is 9.72. The van der Waals surface area contributed by atoms with Crippen LogP contribution in [0, 0.1) is 0 Å². The fourth-order valence-electron chi connectivity index (χ4n) is 3.78. The Morgan fingerprint density at radius 3 is 2.61 bits per heavy atom. The van der Waals surface area contributed by atoms with Crippen molar-refractivity contribution in [1.29, 1.82) is 0 Å². The Morgan fingerprint density at radius 2 is 1.90 bits per heavy atom. The van der Waals surface area contributed by atoms with Crippen molar-refractivity contribution in [1.82, 2.24) is 9.97 Å². The molecule has 3 aromatic rings. The van der Waals surface area contributed by atoms with Gasteiger partial charge in [-0.3, -0.25) is 4.79 Å². The summed E-state index contributed by atoms with van der Waals surface area (Å²) in [6, 6.07) is 11.0. The third kappa shape index (κ3) is 4.11. The minimum Gasteiger partial charge on any atom is -0.478 e. The lowest BCUT2D eigenvalue weighted by Crippen LogP contribution is -2.21. The van der Waals surface area contributed by atoms with Crippen LogP contribution in [0.5, 0.6) is 0 Å². The number of nitrogens with zero attached hydrogens (tertiary/aromatic N) is 3. The number of amides is 1. The van der Waals surface area contributed by atoms with Gasteiger partial charge in [0.25, 0.3) is 0 Å². The summed E-state index contributed by atoms with van der Waals surface area (Å²) in [4.78, 5) is 33.2. The van der Waals surface area contributed by atoms with Crippen LogP contribution in [0.4, 0.5) is 23.1 Å². The normalized spacial score (nSPS) is 12.5. The molecule has 1 aliphatic heterocycles. The Balaban J connectivity index is 1.61. The number of aromatic carboxylic acids is 1. The average Bonchev–Trinajstić information content (AvgIpc) is 3.12. The molecule has 0 fully saturated rings. The number of nitrogen functional groups attached to an aromatic ring is 2. The first-order chi connectivity index (χ1) is 14.8. The molecule has 4 rings (SSSR count). The maximum atomic E-state index is 11.7. The van der Waals surface area contributed by atoms with E-state index in [0.717, 1.165) is 40.9 Å². The lowest BCUT2D eigenvalue weighted by molar-refractivity contribution is -0.114. The van der Waals surface area contributed by atoms with Gasteiger partial charge in [-0.15, -0.1) is 0 Å². The molecule has 0 unspecified atom stereocenters. The number of benzene rings is 2. The average molecular weight is 418 g/mol. The fourth-order valence-corrected chi connectivity index (χ4v) is 3.78. The van der Waals surface area contributed by atoms with E-state index in [0.29, 0.717) is 12.4 Å². The van der Waals surface area contributed by atoms with Crippen LogP contribution in [0.3, 0.4) is 0 Å². The van der Waals surface area contributed by atoms with Crippen LogP contribution in [0.2, 0.25) is 0 Å². The number of hydrogen-bond acceptors (Lipinski definition) is 7. The van der Waals surface area contributed by atoms with E-state index in [9.17, 15) is 14.7 Å². The molecule has 9 heteroatoms. The molecule has 0 atom stereocenters. The van der Waals surface area contributed by atoms with E-state index in [4.69, 9.17) is 11.5 Å². The molecule has 1 aliphatic rings. The van der Waals surface area contributed by atoms with Crippen molar-refractivity contribution in [2.24, 2.45) is 0 Å². The Bertz CT molecular complexity index is 1190. The molecule has 0 aliphatic carbocycles. The monoisotopic (exact) mass is 418 g/mol. The first kappa shape index (κ1) is 20.1. The number of fused-ring (bicyclic) bond motifs is 1. The molecule has 0 radical (unpaired) electrons. The standard InChI is InChI=1S/C22H22N6O3/c1-12(29)26-18-4-2-14(9-17(18)21(30)31)13-3-5-19-15(8-13)6-7-28(19)11-16-10-25-22(24)27-20(16)23/h2-5,8-10H,6-7,11H2,1H3,(H,26,29)(H,30,31)(H4,23,24,25,27). The van der Waals surface area contributed by atoms with Gasteiger partial charge >= 0.3 is 5.97 Å². The summed E-state index contributed by atoms with van der Waals surface area (Å²) in [5, 5.41) is 12.1. The Hall–Kier alpha value is -4.14. The number of aromatic nitrogens is 2. The van der Waals surface area contributed by atoms with Crippen LogP contribution < -0.4 is 21.7 Å². The van der Waals surface area contributed by atoms with Crippen LogP contribution >= 0.6 is 0 Å². The molecule has 31 heavy (non-hydrogen) atoms. The number of nitrogens with one attached hydrogen (secondary N) is 1. The van der Waals surface area contributed by atoms with Crippen molar-refractivity contribution in [2.45, 2.75) is 19.9 Å². The summed E-state index contributed by atoms with van der Waals surface area (Å²) in [5.41, 5.74) is 16.6. The number of rotatable bonds is 5. The molecular weight excluding hydrogens is 396 g/mol. The maximum absolute atomic E-state index is 11.7. The summed E-state index contributed by atoms with van der Waals surface area (Å²) in [5.74, 6) is -0.891. The van der Waals surface area contributed by atoms with Crippen molar-refractivity contribution in [3.63, 3.8) is 0 Å². The zero-order chi connectivity index (χ0) is 22.1.